The van der Waals surface area contributed by atoms with Crippen LogP contribution in [-0.4, -0.2) is 31.1 Å². The number of halogens is 2. The summed E-state index contributed by atoms with van der Waals surface area (Å²) in [4.78, 5) is 25.7. The zero-order valence-electron chi connectivity index (χ0n) is 14.6. The van der Waals surface area contributed by atoms with Crippen molar-refractivity contribution in [3.63, 3.8) is 0 Å². The predicted octanol–water partition coefficient (Wildman–Crippen LogP) is 3.70. The number of carbonyl (C=O) groups is 2. The molecule has 0 spiro atoms. The molecule has 2 aromatic carbocycles. The number of benzene rings is 2. The number of methoxy groups -OCH3 is 2. The number of carbonyl (C=O) groups excluding carboxylic acids is 2. The first kappa shape index (κ1) is 18.9. The monoisotopic (exact) mass is 434 g/mol. The minimum absolute atomic E-state index is 0.0930. The number of ether oxygens (including phenoxy) is 2. The van der Waals surface area contributed by atoms with Crippen LogP contribution in [0.1, 0.15) is 11.1 Å². The van der Waals surface area contributed by atoms with E-state index in [9.17, 15) is 14.0 Å². The Balaban J connectivity index is 1.88. The van der Waals surface area contributed by atoms with E-state index in [1.165, 1.54) is 32.4 Å². The SMILES string of the molecule is COc1cc(/C=C2\NC(=O)N(Cc3ccccc3F)C2=O)cc(Br)c1OC. The number of imide groups is 1. The smallest absolute Gasteiger partial charge is 0.329 e. The molecule has 1 fully saturated rings. The molecule has 1 N–H and O–H groups in total. The highest BCUT2D eigenvalue weighted by molar-refractivity contribution is 9.10. The number of hydrogen-bond donors (Lipinski definition) is 1. The van der Waals surface area contributed by atoms with E-state index in [1.54, 1.807) is 24.3 Å². The van der Waals surface area contributed by atoms with E-state index >= 15 is 0 Å². The normalized spacial score (nSPS) is 15.3. The molecule has 0 aliphatic carbocycles. The lowest BCUT2D eigenvalue weighted by Gasteiger charge is -2.12. The molecule has 3 amide bonds. The van der Waals surface area contributed by atoms with Crippen LogP contribution in [0, 0.1) is 5.82 Å². The lowest BCUT2D eigenvalue weighted by Crippen LogP contribution is -2.30. The second-order valence-corrected chi connectivity index (χ2v) is 6.56. The minimum atomic E-state index is -0.603. The average molecular weight is 435 g/mol. The van der Waals surface area contributed by atoms with E-state index in [-0.39, 0.29) is 17.8 Å². The van der Waals surface area contributed by atoms with Crippen LogP contribution < -0.4 is 14.8 Å². The van der Waals surface area contributed by atoms with E-state index in [0.29, 0.717) is 21.5 Å². The maximum absolute atomic E-state index is 13.8. The maximum atomic E-state index is 13.8. The van der Waals surface area contributed by atoms with Gasteiger partial charge in [0.1, 0.15) is 11.5 Å². The third-order valence-corrected chi connectivity index (χ3v) is 4.60. The van der Waals surface area contributed by atoms with Crippen molar-refractivity contribution in [2.45, 2.75) is 6.54 Å². The van der Waals surface area contributed by atoms with Crippen LogP contribution in [0.15, 0.2) is 46.6 Å². The largest absolute Gasteiger partial charge is 0.493 e. The van der Waals surface area contributed by atoms with Crippen LogP contribution in [0.25, 0.3) is 6.08 Å². The highest BCUT2D eigenvalue weighted by atomic mass is 79.9. The van der Waals surface area contributed by atoms with E-state index < -0.39 is 17.8 Å². The molecule has 140 valence electrons. The Labute approximate surface area is 163 Å². The van der Waals surface area contributed by atoms with Gasteiger partial charge in [-0.3, -0.25) is 9.69 Å². The summed E-state index contributed by atoms with van der Waals surface area (Å²) < 4.78 is 25.0. The molecule has 2 aromatic rings. The topological polar surface area (TPSA) is 67.9 Å². The van der Waals surface area contributed by atoms with E-state index in [0.717, 1.165) is 4.90 Å². The number of urea groups is 1. The van der Waals surface area contributed by atoms with Gasteiger partial charge in [0.25, 0.3) is 5.91 Å². The first-order chi connectivity index (χ1) is 12.9. The molecule has 0 unspecified atom stereocenters. The standard InChI is InChI=1S/C19H16BrFN2O4/c1-26-16-9-11(7-13(20)17(16)27-2)8-15-18(24)23(19(25)22-15)10-12-5-3-4-6-14(12)21/h3-9H,10H2,1-2H3,(H,22,25)/b15-8-. The first-order valence-electron chi connectivity index (χ1n) is 7.94. The molecule has 1 aliphatic heterocycles. The molecule has 1 heterocycles. The molecule has 0 atom stereocenters. The molecule has 0 saturated carbocycles. The number of hydrogen-bond acceptors (Lipinski definition) is 4. The molecule has 0 bridgehead atoms. The van der Waals surface area contributed by atoms with Gasteiger partial charge in [-0.05, 0) is 45.8 Å². The van der Waals surface area contributed by atoms with E-state index in [2.05, 4.69) is 21.2 Å². The van der Waals surface area contributed by atoms with E-state index in [1.807, 2.05) is 0 Å². The summed E-state index contributed by atoms with van der Waals surface area (Å²) >= 11 is 3.38. The van der Waals surface area contributed by atoms with Gasteiger partial charge >= 0.3 is 6.03 Å². The predicted molar refractivity (Wildman–Crippen MR) is 101 cm³/mol. The fourth-order valence-electron chi connectivity index (χ4n) is 2.70. The van der Waals surface area contributed by atoms with Crippen molar-refractivity contribution in [1.29, 1.82) is 0 Å². The van der Waals surface area contributed by atoms with Gasteiger partial charge in [0.15, 0.2) is 11.5 Å². The Morgan fingerprint density at radius 1 is 1.19 bits per heavy atom. The number of nitrogens with one attached hydrogen (secondary N) is 1. The van der Waals surface area contributed by atoms with Crippen LogP contribution in [0.2, 0.25) is 0 Å². The van der Waals surface area contributed by atoms with Crippen molar-refractivity contribution >= 4 is 33.9 Å². The van der Waals surface area contributed by atoms with Gasteiger partial charge in [0, 0.05) is 5.56 Å². The van der Waals surface area contributed by atoms with Gasteiger partial charge in [-0.2, -0.15) is 0 Å². The average Bonchev–Trinajstić information content (AvgIpc) is 2.90. The number of nitrogens with zero attached hydrogens (tertiary/aromatic N) is 1. The molecule has 1 aliphatic rings. The fourth-order valence-corrected chi connectivity index (χ4v) is 3.32. The van der Waals surface area contributed by atoms with Crippen LogP contribution >= 0.6 is 15.9 Å². The van der Waals surface area contributed by atoms with Gasteiger partial charge in [-0.15, -0.1) is 0 Å². The molecule has 1 saturated heterocycles. The highest BCUT2D eigenvalue weighted by Gasteiger charge is 2.34. The molecule has 8 heteroatoms. The summed E-state index contributed by atoms with van der Waals surface area (Å²) in [6, 6.07) is 8.81. The molecule has 0 aromatic heterocycles. The third-order valence-electron chi connectivity index (χ3n) is 4.02. The van der Waals surface area contributed by atoms with Gasteiger partial charge in [-0.25, -0.2) is 9.18 Å². The van der Waals surface area contributed by atoms with Crippen molar-refractivity contribution in [2.24, 2.45) is 0 Å². The summed E-state index contributed by atoms with van der Waals surface area (Å²) in [5, 5.41) is 2.52. The third kappa shape index (κ3) is 3.80. The van der Waals surface area contributed by atoms with Crippen LogP contribution in [0.4, 0.5) is 9.18 Å². The summed E-state index contributed by atoms with van der Waals surface area (Å²) in [5.41, 5.74) is 0.975. The molecule has 0 radical (unpaired) electrons. The van der Waals surface area contributed by atoms with Crippen molar-refractivity contribution in [3.05, 3.63) is 63.5 Å². The Kier molecular flexibility index (Phi) is 5.46. The quantitative estimate of drug-likeness (QED) is 0.575. The van der Waals surface area contributed by atoms with Crippen molar-refractivity contribution in [3.8, 4) is 11.5 Å². The van der Waals surface area contributed by atoms with Crippen molar-refractivity contribution in [1.82, 2.24) is 10.2 Å². The highest BCUT2D eigenvalue weighted by Crippen LogP contribution is 2.37. The molecule has 3 rings (SSSR count). The Morgan fingerprint density at radius 2 is 1.93 bits per heavy atom. The van der Waals surface area contributed by atoms with Crippen LogP contribution in [-0.2, 0) is 11.3 Å². The zero-order chi connectivity index (χ0) is 19.6. The second kappa shape index (κ2) is 7.79. The molecular formula is C19H16BrFN2O4. The Bertz CT molecular complexity index is 945. The Morgan fingerprint density at radius 3 is 2.59 bits per heavy atom. The lowest BCUT2D eigenvalue weighted by molar-refractivity contribution is -0.123. The maximum Gasteiger partial charge on any atom is 0.329 e. The molecule has 27 heavy (non-hydrogen) atoms. The first-order valence-corrected chi connectivity index (χ1v) is 8.73. The Hall–Kier alpha value is -2.87. The van der Waals surface area contributed by atoms with Crippen molar-refractivity contribution in [2.75, 3.05) is 14.2 Å². The van der Waals surface area contributed by atoms with Crippen molar-refractivity contribution < 1.29 is 23.5 Å². The number of rotatable bonds is 5. The number of amides is 3. The van der Waals surface area contributed by atoms with Gasteiger partial charge < -0.3 is 14.8 Å². The summed E-state index contributed by atoms with van der Waals surface area (Å²) in [5.74, 6) is -0.0187. The summed E-state index contributed by atoms with van der Waals surface area (Å²) in [6.07, 6.45) is 1.52. The zero-order valence-corrected chi connectivity index (χ0v) is 16.2. The molecular weight excluding hydrogens is 419 g/mol. The molecule has 6 nitrogen and oxygen atoms in total. The van der Waals surface area contributed by atoms with Gasteiger partial charge in [-0.1, -0.05) is 18.2 Å². The van der Waals surface area contributed by atoms with Gasteiger partial charge in [0.05, 0.1) is 25.2 Å². The van der Waals surface area contributed by atoms with E-state index in [4.69, 9.17) is 9.47 Å². The minimum Gasteiger partial charge on any atom is -0.493 e. The second-order valence-electron chi connectivity index (χ2n) is 5.71. The van der Waals surface area contributed by atoms with Crippen LogP contribution in [0.5, 0.6) is 11.5 Å². The fraction of sp³-hybridized carbons (Fsp3) is 0.158. The van der Waals surface area contributed by atoms with Gasteiger partial charge in [0.2, 0.25) is 0 Å². The summed E-state index contributed by atoms with van der Waals surface area (Å²) in [6.45, 7) is -0.149. The summed E-state index contributed by atoms with van der Waals surface area (Å²) in [7, 11) is 3.02. The van der Waals surface area contributed by atoms with Crippen LogP contribution in [0.3, 0.4) is 0 Å². The lowest BCUT2D eigenvalue weighted by atomic mass is 10.1.